The summed E-state index contributed by atoms with van der Waals surface area (Å²) in [5.41, 5.74) is 0. The molecule has 1 N–H and O–H groups in total. The minimum Gasteiger partial charge on any atom is -0.477 e. The van der Waals surface area contributed by atoms with Gasteiger partial charge in [0.2, 0.25) is 0 Å². The van der Waals surface area contributed by atoms with Crippen LogP contribution in [0, 0.1) is 0 Å². The zero-order chi connectivity index (χ0) is 53.4. The van der Waals surface area contributed by atoms with Crippen molar-refractivity contribution in [1.82, 2.24) is 0 Å². The van der Waals surface area contributed by atoms with Crippen LogP contribution < -0.4 is 0 Å². The van der Waals surface area contributed by atoms with Crippen molar-refractivity contribution in [3.63, 3.8) is 0 Å². The molecule has 2 atom stereocenters. The molecule has 9 nitrogen and oxygen atoms in total. The second-order valence-electron chi connectivity index (χ2n) is 18.8. The van der Waals surface area contributed by atoms with Crippen molar-refractivity contribution in [2.24, 2.45) is 0 Å². The van der Waals surface area contributed by atoms with Gasteiger partial charge in [0, 0.05) is 12.8 Å². The molecule has 0 amide bonds. The SMILES string of the molecule is CC/C=C\C/C=C\C/C=C\C/C=C\C/C=C\C/C=C\C/C=C\C/C=C\C/C=C\CCCCCCCCCC(=O)OC(COC(=O)CC/C=C\C/C=C\C/C=C\C/C=C\CC)COC(OCC[N+](C)(C)C)C(=O)O. The number of esters is 2. The summed E-state index contributed by atoms with van der Waals surface area (Å²) in [5.74, 6) is -2.15. The van der Waals surface area contributed by atoms with Crippen LogP contribution in [0.25, 0.3) is 0 Å². The summed E-state index contributed by atoms with van der Waals surface area (Å²) < 4.78 is 22.7. The molecule has 0 spiro atoms. The van der Waals surface area contributed by atoms with Gasteiger partial charge in [0.05, 0.1) is 34.4 Å². The van der Waals surface area contributed by atoms with Crippen LogP contribution >= 0.6 is 0 Å². The summed E-state index contributed by atoms with van der Waals surface area (Å²) in [6.45, 7) is 4.50. The topological polar surface area (TPSA) is 108 Å². The number of carbonyl (C=O) groups excluding carboxylic acids is 2. The average Bonchev–Trinajstić information content (AvgIpc) is 3.36. The number of ether oxygens (including phenoxy) is 4. The molecule has 0 saturated carbocycles. The third-order valence-corrected chi connectivity index (χ3v) is 10.8. The zero-order valence-electron chi connectivity index (χ0n) is 46.2. The van der Waals surface area contributed by atoms with Gasteiger partial charge in [0.15, 0.2) is 6.10 Å². The highest BCUT2D eigenvalue weighted by Crippen LogP contribution is 2.12. The number of carbonyl (C=O) groups is 3. The maximum absolute atomic E-state index is 12.8. The number of quaternary nitrogens is 1. The van der Waals surface area contributed by atoms with Gasteiger partial charge in [0.1, 0.15) is 13.2 Å². The second-order valence-corrected chi connectivity index (χ2v) is 18.8. The number of unbranched alkanes of at least 4 members (excludes halogenated alkanes) is 7. The van der Waals surface area contributed by atoms with E-state index in [1.807, 2.05) is 33.3 Å². The molecule has 0 rings (SSSR count). The summed E-state index contributed by atoms with van der Waals surface area (Å²) in [5, 5.41) is 9.67. The van der Waals surface area contributed by atoms with Gasteiger partial charge < -0.3 is 28.5 Å². The molecule has 0 aliphatic carbocycles. The van der Waals surface area contributed by atoms with Crippen LogP contribution in [-0.4, -0.2) is 87.4 Å². The Morgan fingerprint density at radius 1 is 0.411 bits per heavy atom. The molecule has 0 saturated heterocycles. The molecule has 73 heavy (non-hydrogen) atoms. The first kappa shape index (κ1) is 67.9. The lowest BCUT2D eigenvalue weighted by molar-refractivity contribution is -0.870. The zero-order valence-corrected chi connectivity index (χ0v) is 46.2. The fourth-order valence-corrected chi connectivity index (χ4v) is 6.60. The lowest BCUT2D eigenvalue weighted by atomic mass is 10.1. The molecule has 0 aromatic carbocycles. The molecule has 0 bridgehead atoms. The Kier molecular flexibility index (Phi) is 49.5. The number of aliphatic carboxylic acids is 1. The molecule has 0 fully saturated rings. The van der Waals surface area contributed by atoms with Gasteiger partial charge in [-0.3, -0.25) is 9.59 Å². The van der Waals surface area contributed by atoms with Gasteiger partial charge >= 0.3 is 17.9 Å². The molecule has 408 valence electrons. The molecule has 0 aromatic rings. The quantitative estimate of drug-likeness (QED) is 0.0211. The van der Waals surface area contributed by atoms with Crippen molar-refractivity contribution < 1.29 is 42.9 Å². The minimum absolute atomic E-state index is 0.166. The number of likely N-dealkylation sites (N-methyl/N-ethyl adjacent to an activating group) is 1. The van der Waals surface area contributed by atoms with Crippen molar-refractivity contribution in [1.29, 1.82) is 0 Å². The molecule has 0 radical (unpaired) electrons. The monoisotopic (exact) mass is 1010 g/mol. The van der Waals surface area contributed by atoms with Crippen LogP contribution in [0.15, 0.2) is 158 Å². The summed E-state index contributed by atoms with van der Waals surface area (Å²) >= 11 is 0. The lowest BCUT2D eigenvalue weighted by Crippen LogP contribution is -2.40. The highest BCUT2D eigenvalue weighted by Gasteiger charge is 2.25. The minimum atomic E-state index is -1.54. The Balaban J connectivity index is 4.30. The summed E-state index contributed by atoms with van der Waals surface area (Å²) in [4.78, 5) is 37.2. The lowest BCUT2D eigenvalue weighted by Gasteiger charge is -2.25. The van der Waals surface area contributed by atoms with E-state index >= 15 is 0 Å². The number of rotatable bonds is 48. The molecule has 2 unspecified atom stereocenters. The van der Waals surface area contributed by atoms with E-state index in [-0.39, 0.29) is 32.7 Å². The molecular formula is C64H100NO8+. The summed E-state index contributed by atoms with van der Waals surface area (Å²) in [7, 11) is 5.92. The summed E-state index contributed by atoms with van der Waals surface area (Å²) in [6, 6.07) is 0. The van der Waals surface area contributed by atoms with Crippen molar-refractivity contribution in [3.05, 3.63) is 158 Å². The van der Waals surface area contributed by atoms with Crippen LogP contribution in [0.2, 0.25) is 0 Å². The van der Waals surface area contributed by atoms with E-state index in [9.17, 15) is 19.5 Å². The Morgan fingerprint density at radius 3 is 1.15 bits per heavy atom. The van der Waals surface area contributed by atoms with E-state index in [4.69, 9.17) is 18.9 Å². The van der Waals surface area contributed by atoms with Crippen LogP contribution in [0.3, 0.4) is 0 Å². The maximum atomic E-state index is 12.8. The highest BCUT2D eigenvalue weighted by atomic mass is 16.7. The van der Waals surface area contributed by atoms with Gasteiger partial charge in [-0.2, -0.15) is 0 Å². The molecular weight excluding hydrogens is 911 g/mol. The molecule has 0 aliphatic heterocycles. The van der Waals surface area contributed by atoms with Gasteiger partial charge in [-0.1, -0.05) is 204 Å². The average molecular weight is 1010 g/mol. The predicted molar refractivity (Wildman–Crippen MR) is 308 cm³/mol. The largest absolute Gasteiger partial charge is 0.477 e. The normalized spacial score (nSPS) is 14.0. The fourth-order valence-electron chi connectivity index (χ4n) is 6.60. The number of hydrogen-bond donors (Lipinski definition) is 1. The number of nitrogens with zero attached hydrogens (tertiary/aromatic N) is 1. The molecule has 0 aliphatic rings. The van der Waals surface area contributed by atoms with Crippen molar-refractivity contribution in [2.75, 3.05) is 47.5 Å². The van der Waals surface area contributed by atoms with Gasteiger partial charge in [0.25, 0.3) is 6.29 Å². The standard InChI is InChI=1S/C64H99NO8/c1-6-8-10-12-14-16-18-20-21-22-23-24-25-26-27-28-29-30-31-32-33-34-35-36-37-38-39-40-41-43-45-47-49-51-53-55-62(67)73-60(59-72-64(63(68)69)70-57-56-65(3,4)5)58-71-61(66)54-52-50-48-46-44-42-19-17-15-13-11-9-7-2/h8-11,14-17,20-21,23-24,26-27,29-30,32-33,35-36,38-39,42,44,48,50,60,64H,6-7,12-13,18-19,22,25,28,31,34,37,40-41,43,45-47,49,51-59H2,1-5H3/p+1/b10-8-,11-9-,16-14-,17-15-,21-20-,24-23-,27-26-,30-29-,33-32-,36-35-,39-38-,44-42-,50-48-. The van der Waals surface area contributed by atoms with E-state index in [2.05, 4.69) is 160 Å². The first-order valence-corrected chi connectivity index (χ1v) is 27.6. The van der Waals surface area contributed by atoms with Crippen molar-refractivity contribution in [3.8, 4) is 0 Å². The van der Waals surface area contributed by atoms with Crippen molar-refractivity contribution in [2.45, 2.75) is 180 Å². The number of carboxylic acid groups (broad SMARTS) is 1. The van der Waals surface area contributed by atoms with Crippen LogP contribution in [-0.2, 0) is 33.3 Å². The third-order valence-electron chi connectivity index (χ3n) is 10.8. The Bertz CT molecular complexity index is 1750. The van der Waals surface area contributed by atoms with E-state index in [0.717, 1.165) is 116 Å². The fraction of sp³-hybridized carbons (Fsp3) is 0.547. The number of carboxylic acids is 1. The van der Waals surface area contributed by atoms with Crippen molar-refractivity contribution >= 4 is 17.9 Å². The third kappa shape index (κ3) is 54.5. The smallest absolute Gasteiger partial charge is 0.361 e. The number of allylic oxidation sites excluding steroid dienone is 26. The summed E-state index contributed by atoms with van der Waals surface area (Å²) in [6.07, 6.45) is 76.3. The highest BCUT2D eigenvalue weighted by molar-refractivity contribution is 5.71. The van der Waals surface area contributed by atoms with Gasteiger partial charge in [-0.25, -0.2) is 4.79 Å². The van der Waals surface area contributed by atoms with Crippen LogP contribution in [0.4, 0.5) is 0 Å². The van der Waals surface area contributed by atoms with Crippen LogP contribution in [0.1, 0.15) is 168 Å². The van der Waals surface area contributed by atoms with E-state index in [0.29, 0.717) is 23.9 Å². The predicted octanol–water partition coefficient (Wildman–Crippen LogP) is 16.2. The molecule has 0 heterocycles. The second kappa shape index (κ2) is 53.2. The first-order chi connectivity index (χ1) is 35.6. The first-order valence-electron chi connectivity index (χ1n) is 27.6. The maximum Gasteiger partial charge on any atom is 0.361 e. The van der Waals surface area contributed by atoms with Crippen LogP contribution in [0.5, 0.6) is 0 Å². The van der Waals surface area contributed by atoms with E-state index in [1.54, 1.807) is 0 Å². The molecule has 0 aromatic heterocycles. The Labute approximate surface area is 444 Å². The number of hydrogen-bond acceptors (Lipinski definition) is 7. The Hall–Kier alpha value is -5.09. The van der Waals surface area contributed by atoms with E-state index in [1.165, 1.54) is 12.8 Å². The molecule has 9 heteroatoms. The van der Waals surface area contributed by atoms with Gasteiger partial charge in [-0.05, 0) is 109 Å². The van der Waals surface area contributed by atoms with E-state index < -0.39 is 30.3 Å². The Morgan fingerprint density at radius 2 is 0.767 bits per heavy atom. The van der Waals surface area contributed by atoms with Gasteiger partial charge in [-0.15, -0.1) is 0 Å².